The zero-order valence-corrected chi connectivity index (χ0v) is 7.69. The molecule has 0 heterocycles. The first-order valence-corrected chi connectivity index (χ1v) is 3.54. The fourth-order valence-corrected chi connectivity index (χ4v) is 0.996. The number of carbonyl (C=O) groups is 1. The number of quaternary nitrogens is 1. The predicted octanol–water partition coefficient (Wildman–Crippen LogP) is 0.500. The first kappa shape index (κ1) is 11.6. The van der Waals surface area contributed by atoms with Gasteiger partial charge < -0.3 is 20.8 Å². The molecule has 0 spiro atoms. The van der Waals surface area contributed by atoms with Crippen LogP contribution >= 0.6 is 0 Å². The Labute approximate surface area is 76.7 Å². The SMILES string of the molecule is CO[C@@H](C(=O)[O-])c1ccccc1.[NH4+]. The van der Waals surface area contributed by atoms with Gasteiger partial charge in [0.2, 0.25) is 0 Å². The van der Waals surface area contributed by atoms with Crippen molar-refractivity contribution in [3.8, 4) is 0 Å². The van der Waals surface area contributed by atoms with E-state index in [1.165, 1.54) is 7.11 Å². The molecule has 0 amide bonds. The monoisotopic (exact) mass is 183 g/mol. The minimum atomic E-state index is -1.22. The normalized spacial score (nSPS) is 11.5. The zero-order valence-electron chi connectivity index (χ0n) is 7.69. The van der Waals surface area contributed by atoms with Crippen LogP contribution in [0, 0.1) is 0 Å². The molecule has 0 saturated carbocycles. The molecule has 0 aliphatic carbocycles. The lowest BCUT2D eigenvalue weighted by Gasteiger charge is -2.15. The average Bonchev–Trinajstić information content (AvgIpc) is 2.07. The smallest absolute Gasteiger partial charge is 0.121 e. The molecule has 4 heteroatoms. The van der Waals surface area contributed by atoms with Crippen LogP contribution in [0.1, 0.15) is 11.7 Å². The van der Waals surface area contributed by atoms with Gasteiger partial charge in [-0.1, -0.05) is 30.3 Å². The van der Waals surface area contributed by atoms with Crippen LogP contribution in [0.2, 0.25) is 0 Å². The van der Waals surface area contributed by atoms with Crippen LogP contribution in [-0.2, 0) is 9.53 Å². The molecule has 0 bridgehead atoms. The van der Waals surface area contributed by atoms with E-state index >= 15 is 0 Å². The van der Waals surface area contributed by atoms with Crippen LogP contribution in [0.3, 0.4) is 0 Å². The van der Waals surface area contributed by atoms with Crippen molar-refractivity contribution in [1.29, 1.82) is 0 Å². The van der Waals surface area contributed by atoms with Crippen LogP contribution in [0.25, 0.3) is 0 Å². The maximum atomic E-state index is 10.5. The summed E-state index contributed by atoms with van der Waals surface area (Å²) in [5, 5.41) is 10.5. The fourth-order valence-electron chi connectivity index (χ4n) is 0.996. The van der Waals surface area contributed by atoms with Crippen LogP contribution < -0.4 is 11.3 Å². The zero-order chi connectivity index (χ0) is 8.97. The van der Waals surface area contributed by atoms with Gasteiger partial charge in [-0.05, 0) is 5.56 Å². The summed E-state index contributed by atoms with van der Waals surface area (Å²) < 4.78 is 4.74. The summed E-state index contributed by atoms with van der Waals surface area (Å²) in [6, 6.07) is 8.69. The Bertz CT molecular complexity index is 261. The molecule has 1 atom stereocenters. The van der Waals surface area contributed by atoms with E-state index in [2.05, 4.69) is 0 Å². The first-order chi connectivity index (χ1) is 5.75. The topological polar surface area (TPSA) is 85.9 Å². The molecule has 1 aromatic rings. The van der Waals surface area contributed by atoms with Gasteiger partial charge in [-0.2, -0.15) is 0 Å². The molecule has 1 aromatic carbocycles. The van der Waals surface area contributed by atoms with Crippen LogP contribution in [0.15, 0.2) is 30.3 Å². The largest absolute Gasteiger partial charge is 0.547 e. The lowest BCUT2D eigenvalue weighted by Crippen LogP contribution is -2.30. The molecular weight excluding hydrogens is 170 g/mol. The third kappa shape index (κ3) is 2.85. The molecule has 0 aromatic heterocycles. The highest BCUT2D eigenvalue weighted by Gasteiger charge is 2.09. The molecule has 0 saturated heterocycles. The Morgan fingerprint density at radius 2 is 1.92 bits per heavy atom. The van der Waals surface area contributed by atoms with E-state index < -0.39 is 12.1 Å². The Balaban J connectivity index is 0.00000144. The van der Waals surface area contributed by atoms with Gasteiger partial charge in [0.25, 0.3) is 0 Å². The second-order valence-corrected chi connectivity index (χ2v) is 2.35. The van der Waals surface area contributed by atoms with E-state index in [4.69, 9.17) is 4.74 Å². The number of methoxy groups -OCH3 is 1. The molecule has 0 aliphatic rings. The summed E-state index contributed by atoms with van der Waals surface area (Å²) in [6.45, 7) is 0. The molecular formula is C9H13NO3. The van der Waals surface area contributed by atoms with E-state index in [1.807, 2.05) is 6.07 Å². The van der Waals surface area contributed by atoms with Crippen LogP contribution in [-0.4, -0.2) is 13.1 Å². The van der Waals surface area contributed by atoms with E-state index in [0.717, 1.165) is 0 Å². The van der Waals surface area contributed by atoms with Gasteiger partial charge in [0.15, 0.2) is 0 Å². The van der Waals surface area contributed by atoms with Gasteiger partial charge >= 0.3 is 0 Å². The minimum Gasteiger partial charge on any atom is -0.547 e. The molecule has 0 aliphatic heterocycles. The van der Waals surface area contributed by atoms with Crippen molar-refractivity contribution in [1.82, 2.24) is 6.15 Å². The quantitative estimate of drug-likeness (QED) is 0.740. The van der Waals surface area contributed by atoms with Crippen molar-refractivity contribution in [3.63, 3.8) is 0 Å². The molecule has 1 rings (SSSR count). The van der Waals surface area contributed by atoms with E-state index in [0.29, 0.717) is 5.56 Å². The van der Waals surface area contributed by atoms with Crippen molar-refractivity contribution in [2.45, 2.75) is 6.10 Å². The number of carboxylic acid groups (broad SMARTS) is 1. The van der Waals surface area contributed by atoms with E-state index in [1.54, 1.807) is 24.3 Å². The number of rotatable bonds is 3. The lowest BCUT2D eigenvalue weighted by molar-refractivity contribution is -0.316. The molecule has 0 unspecified atom stereocenters. The Hall–Kier alpha value is -1.39. The predicted molar refractivity (Wildman–Crippen MR) is 47.2 cm³/mol. The van der Waals surface area contributed by atoms with Crippen molar-refractivity contribution < 1.29 is 14.6 Å². The van der Waals surface area contributed by atoms with Gasteiger partial charge in [0, 0.05) is 7.11 Å². The molecule has 72 valence electrons. The Morgan fingerprint density at radius 1 is 1.38 bits per heavy atom. The number of hydrogen-bond donors (Lipinski definition) is 1. The molecule has 4 N–H and O–H groups in total. The number of ether oxygens (including phenoxy) is 1. The Morgan fingerprint density at radius 3 is 2.31 bits per heavy atom. The summed E-state index contributed by atoms with van der Waals surface area (Å²) in [4.78, 5) is 10.5. The molecule has 0 radical (unpaired) electrons. The number of carboxylic acids is 1. The molecule has 0 fully saturated rings. The van der Waals surface area contributed by atoms with Gasteiger partial charge in [0.1, 0.15) is 6.10 Å². The molecule has 13 heavy (non-hydrogen) atoms. The second-order valence-electron chi connectivity index (χ2n) is 2.35. The van der Waals surface area contributed by atoms with Crippen molar-refractivity contribution in [2.75, 3.05) is 7.11 Å². The summed E-state index contributed by atoms with van der Waals surface area (Å²) in [5.41, 5.74) is 0.597. The summed E-state index contributed by atoms with van der Waals surface area (Å²) in [5.74, 6) is -1.22. The highest BCUT2D eigenvalue weighted by molar-refractivity contribution is 5.72. The van der Waals surface area contributed by atoms with E-state index in [9.17, 15) is 9.90 Å². The average molecular weight is 183 g/mol. The maximum absolute atomic E-state index is 10.5. The van der Waals surface area contributed by atoms with Gasteiger partial charge in [-0.15, -0.1) is 0 Å². The highest BCUT2D eigenvalue weighted by atomic mass is 16.5. The summed E-state index contributed by atoms with van der Waals surface area (Å²) >= 11 is 0. The van der Waals surface area contributed by atoms with Crippen LogP contribution in [0.5, 0.6) is 0 Å². The number of aliphatic carboxylic acids is 1. The standard InChI is InChI=1S/C9H10O3.H3N/c1-12-8(9(10)11)7-5-3-2-4-6-7;/h2-6,8H,1H3,(H,10,11);1H3/t8-;/m1./s1. The minimum absolute atomic E-state index is 0. The molecule has 4 nitrogen and oxygen atoms in total. The number of hydrogen-bond acceptors (Lipinski definition) is 3. The summed E-state index contributed by atoms with van der Waals surface area (Å²) in [6.07, 6.45) is -0.966. The maximum Gasteiger partial charge on any atom is 0.121 e. The third-order valence-electron chi connectivity index (χ3n) is 1.55. The van der Waals surface area contributed by atoms with Crippen molar-refractivity contribution >= 4 is 5.97 Å². The van der Waals surface area contributed by atoms with E-state index in [-0.39, 0.29) is 6.15 Å². The Kier molecular flexibility index (Phi) is 4.72. The van der Waals surface area contributed by atoms with Crippen molar-refractivity contribution in [2.24, 2.45) is 0 Å². The third-order valence-corrected chi connectivity index (χ3v) is 1.55. The lowest BCUT2D eigenvalue weighted by atomic mass is 10.1. The van der Waals surface area contributed by atoms with Gasteiger partial charge in [-0.25, -0.2) is 0 Å². The van der Waals surface area contributed by atoms with Crippen molar-refractivity contribution in [3.05, 3.63) is 35.9 Å². The second kappa shape index (κ2) is 5.29. The number of benzene rings is 1. The van der Waals surface area contributed by atoms with Gasteiger partial charge in [0.05, 0.1) is 5.97 Å². The number of carbonyl (C=O) groups excluding carboxylic acids is 1. The first-order valence-electron chi connectivity index (χ1n) is 3.54. The summed E-state index contributed by atoms with van der Waals surface area (Å²) in [7, 11) is 1.34. The van der Waals surface area contributed by atoms with Crippen LogP contribution in [0.4, 0.5) is 0 Å². The fraction of sp³-hybridized carbons (Fsp3) is 0.222. The van der Waals surface area contributed by atoms with Gasteiger partial charge in [-0.3, -0.25) is 0 Å². The highest BCUT2D eigenvalue weighted by Crippen LogP contribution is 2.14.